The minimum absolute atomic E-state index is 0.0238. The van der Waals surface area contributed by atoms with Gasteiger partial charge in [-0.25, -0.2) is 14.4 Å². The Labute approximate surface area is 583 Å². The number of alkyl carbamates (subject to hydrolysis) is 1. The van der Waals surface area contributed by atoms with Crippen LogP contribution in [0.5, 0.6) is 0 Å². The molecule has 1 aliphatic heterocycles. The Balaban J connectivity index is 1.17. The van der Waals surface area contributed by atoms with Crippen LogP contribution in [0.4, 0.5) is 14.4 Å². The summed E-state index contributed by atoms with van der Waals surface area (Å²) in [7, 11) is 0. The largest absolute Gasteiger partial charge is 0.444 e. The maximum atomic E-state index is 15.8. The van der Waals surface area contributed by atoms with Gasteiger partial charge in [0.2, 0.25) is 0 Å². The van der Waals surface area contributed by atoms with E-state index in [0.29, 0.717) is 83.3 Å². The van der Waals surface area contributed by atoms with E-state index >= 15 is 9.59 Å². The molecule has 7 rings (SSSR count). The third kappa shape index (κ3) is 25.9. The summed E-state index contributed by atoms with van der Waals surface area (Å²) in [5.74, 6) is -0.272. The molecule has 7 unspecified atom stereocenters. The third-order valence-corrected chi connectivity index (χ3v) is 18.5. The molecule has 4 heterocycles. The van der Waals surface area contributed by atoms with Crippen LogP contribution in [-0.4, -0.2) is 146 Å². The molecule has 98 heavy (non-hydrogen) atoms. The predicted molar refractivity (Wildman–Crippen MR) is 389 cm³/mol. The second-order valence-electron chi connectivity index (χ2n) is 31.0. The van der Waals surface area contributed by atoms with Gasteiger partial charge < -0.3 is 46.1 Å². The van der Waals surface area contributed by atoms with E-state index in [1.54, 1.807) is 10.8 Å². The Morgan fingerprint density at radius 1 is 0.561 bits per heavy atom. The molecule has 0 bridgehead atoms. The van der Waals surface area contributed by atoms with Crippen molar-refractivity contribution in [1.29, 1.82) is 0 Å². The molecular weight excluding hydrogens is 1230 g/mol. The molecule has 6 N–H and O–H groups in total. The minimum Gasteiger partial charge on any atom is -0.444 e. The van der Waals surface area contributed by atoms with Crippen LogP contribution in [0.15, 0.2) is 97.5 Å². The molecule has 7 atom stereocenters. The van der Waals surface area contributed by atoms with E-state index in [1.165, 1.54) is 23.8 Å². The second kappa shape index (κ2) is 37.4. The van der Waals surface area contributed by atoms with Crippen molar-refractivity contribution in [2.75, 3.05) is 45.9 Å². The van der Waals surface area contributed by atoms with E-state index in [4.69, 9.17) is 19.9 Å². The number of piperidine rings is 1. The quantitative estimate of drug-likeness (QED) is 0.0137. The average molecular weight is 1350 g/mol. The van der Waals surface area contributed by atoms with Gasteiger partial charge in [0.15, 0.2) is 0 Å². The molecular formula is C78H117N11O9. The molecule has 0 spiro atoms. The lowest BCUT2D eigenvalue weighted by Gasteiger charge is -2.30. The molecule has 1 amide bonds. The average Bonchev–Trinajstić information content (AvgIpc) is 1.65. The first kappa shape index (κ1) is 78.2. The fourth-order valence-corrected chi connectivity index (χ4v) is 13.2. The number of ether oxygens (including phenoxy) is 3. The number of Topliss-reactive ketones (excluding diaryl/α,β-unsaturated/α-hetero) is 3. The lowest BCUT2D eigenvalue weighted by atomic mass is 9.86. The van der Waals surface area contributed by atoms with Crippen molar-refractivity contribution in [2.24, 2.45) is 35.3 Å². The summed E-state index contributed by atoms with van der Waals surface area (Å²) >= 11 is 0. The number of benzene rings is 3. The van der Waals surface area contributed by atoms with Crippen LogP contribution >= 0.6 is 0 Å². The van der Waals surface area contributed by atoms with Gasteiger partial charge in [0, 0.05) is 93.3 Å². The smallest absolute Gasteiger partial charge is 0.419 e. The molecule has 3 aromatic heterocycles. The van der Waals surface area contributed by atoms with Gasteiger partial charge in [-0.1, -0.05) is 119 Å². The maximum absolute atomic E-state index is 15.8. The molecule has 20 nitrogen and oxygen atoms in total. The summed E-state index contributed by atoms with van der Waals surface area (Å²) in [5, 5.41) is 24.8. The summed E-state index contributed by atoms with van der Waals surface area (Å²) in [4.78, 5) is 87.4. The van der Waals surface area contributed by atoms with Gasteiger partial charge in [0.05, 0.1) is 28.8 Å². The van der Waals surface area contributed by atoms with E-state index in [1.807, 2.05) is 165 Å². The highest BCUT2D eigenvalue weighted by atomic mass is 16.6. The van der Waals surface area contributed by atoms with E-state index in [0.717, 1.165) is 77.6 Å². The van der Waals surface area contributed by atoms with Crippen LogP contribution in [0.25, 0.3) is 21.8 Å². The van der Waals surface area contributed by atoms with Crippen molar-refractivity contribution in [3.05, 3.63) is 120 Å². The van der Waals surface area contributed by atoms with Crippen LogP contribution in [0.1, 0.15) is 189 Å². The number of unbranched alkanes of at least 4 members (excludes halogenated alkanes) is 2. The molecule has 0 saturated carbocycles. The van der Waals surface area contributed by atoms with Crippen LogP contribution < -0.4 is 27.0 Å². The highest BCUT2D eigenvalue weighted by Gasteiger charge is 2.31. The number of ketones is 3. The van der Waals surface area contributed by atoms with E-state index < -0.39 is 47.2 Å². The number of likely N-dealkylation sites (tertiary alicyclic amines) is 1. The van der Waals surface area contributed by atoms with Crippen LogP contribution in [0.2, 0.25) is 0 Å². The number of fused-ring (bicyclic) bond motifs is 2. The number of para-hydroxylation sites is 2. The number of nitrogens with zero attached hydrogens (tertiary/aromatic N) is 6. The molecule has 0 aliphatic carbocycles. The van der Waals surface area contributed by atoms with Gasteiger partial charge in [0.25, 0.3) is 0 Å². The zero-order valence-corrected chi connectivity index (χ0v) is 61.3. The van der Waals surface area contributed by atoms with Crippen molar-refractivity contribution < 1.29 is 43.0 Å². The monoisotopic (exact) mass is 1350 g/mol. The number of nitrogens with one attached hydrogen (secondary N) is 4. The third-order valence-electron chi connectivity index (χ3n) is 18.5. The summed E-state index contributed by atoms with van der Waals surface area (Å²) in [6, 6.07) is 24.3. The molecule has 538 valence electrons. The number of hydrogen-bond donors (Lipinski definition) is 5. The lowest BCUT2D eigenvalue weighted by molar-refractivity contribution is -0.124. The molecule has 6 aromatic rings. The van der Waals surface area contributed by atoms with Crippen molar-refractivity contribution >= 4 is 57.4 Å². The SMILES string of the molecule is CC(CC(=O)C(Cc1ccccc1)NCC(CCCCn1cc(CC(CN2CCCCC2)NCN)nn1)CC(=O)C(Cc1cn(C(=O)OC(C)(C)C)c2ccccc12)NCC(CCCCNC(=O)OC(C)(C)C)CC(=O)C(C)C(C)C)Cc1cn(C(=O)OC(C)(C)C)c2ccccc12. The van der Waals surface area contributed by atoms with Crippen LogP contribution in [-0.2, 0) is 60.8 Å². The number of carbonyl (C=O) groups excluding carboxylic acids is 6. The van der Waals surface area contributed by atoms with Gasteiger partial charge in [-0.3, -0.25) is 28.2 Å². The summed E-state index contributed by atoms with van der Waals surface area (Å²) in [6.07, 6.45) is 14.9. The Hall–Kier alpha value is -7.10. The van der Waals surface area contributed by atoms with Crippen molar-refractivity contribution in [3.8, 4) is 0 Å². The van der Waals surface area contributed by atoms with Gasteiger partial charge in [-0.15, -0.1) is 5.10 Å². The van der Waals surface area contributed by atoms with Gasteiger partial charge in [-0.2, -0.15) is 0 Å². The first-order chi connectivity index (χ1) is 46.5. The fourth-order valence-electron chi connectivity index (χ4n) is 13.2. The Bertz CT molecular complexity index is 3490. The molecule has 20 heteroatoms. The van der Waals surface area contributed by atoms with Crippen molar-refractivity contribution in [3.63, 3.8) is 0 Å². The van der Waals surface area contributed by atoms with Crippen molar-refractivity contribution in [1.82, 2.24) is 50.3 Å². The van der Waals surface area contributed by atoms with E-state index in [9.17, 15) is 19.2 Å². The Kier molecular flexibility index (Phi) is 29.8. The first-order valence-corrected chi connectivity index (χ1v) is 36.3. The van der Waals surface area contributed by atoms with Crippen LogP contribution in [0, 0.1) is 29.6 Å². The van der Waals surface area contributed by atoms with Gasteiger partial charge >= 0.3 is 18.3 Å². The Morgan fingerprint density at radius 2 is 1.08 bits per heavy atom. The Morgan fingerprint density at radius 3 is 1.64 bits per heavy atom. The van der Waals surface area contributed by atoms with E-state index in [2.05, 4.69) is 57.3 Å². The minimum atomic E-state index is -0.760. The number of amides is 1. The zero-order chi connectivity index (χ0) is 71.2. The lowest BCUT2D eigenvalue weighted by Crippen LogP contribution is -2.46. The zero-order valence-electron chi connectivity index (χ0n) is 61.3. The highest BCUT2D eigenvalue weighted by Crippen LogP contribution is 2.30. The van der Waals surface area contributed by atoms with E-state index in [-0.39, 0.29) is 72.2 Å². The predicted octanol–water partition coefficient (Wildman–Crippen LogP) is 13.2. The summed E-state index contributed by atoms with van der Waals surface area (Å²) in [5.41, 5.74) is 9.02. The molecule has 1 saturated heterocycles. The first-order valence-electron chi connectivity index (χ1n) is 36.3. The number of aromatic nitrogens is 5. The number of nitrogens with two attached hydrogens (primary N) is 1. The highest BCUT2D eigenvalue weighted by molar-refractivity contribution is 5.94. The van der Waals surface area contributed by atoms with Crippen molar-refractivity contribution in [2.45, 2.75) is 234 Å². The standard InChI is InChI=1S/C78H117N11O9/c1-54(2)56(4)70(90)43-58(30-22-24-36-80-73(93)96-76(5,6)7)47-82-67(45-61-50-89(75(95)98-78(11,12)13)69-35-21-19-33-65(61)69)72(92)44-59(31-23-27-39-87-52-63(84-85-87)46-62(83-53-79)51-86-37-25-15-26-38-86)48-81-66(42-57-28-16-14-17-29-57)71(91)41-55(3)40-60-49-88(74(94)97-77(8,9)10)68-34-20-18-32-64(60)68/h14,16-21,28-29,32-35,49-50,52,54-56,58-59,62,66-67,81-83H,15,22-27,30-31,36-48,51,53,79H2,1-13H3,(H,80,93). The number of rotatable bonds is 38. The summed E-state index contributed by atoms with van der Waals surface area (Å²) < 4.78 is 22.2. The fraction of sp³-hybridized carbons (Fsp3) is 0.615. The van der Waals surface area contributed by atoms with Crippen LogP contribution in [0.3, 0.4) is 0 Å². The van der Waals surface area contributed by atoms with Gasteiger partial charge in [0.1, 0.15) is 34.2 Å². The second-order valence-corrected chi connectivity index (χ2v) is 31.0. The summed E-state index contributed by atoms with van der Waals surface area (Å²) in [6.45, 7) is 30.0. The normalized spacial score (nSPS) is 15.5. The molecule has 1 aliphatic rings. The topological polar surface area (TPSA) is 248 Å². The number of hydrogen-bond acceptors (Lipinski definition) is 16. The maximum Gasteiger partial charge on any atom is 0.419 e. The molecule has 1 fully saturated rings. The number of aryl methyl sites for hydroxylation is 1. The molecule has 0 radical (unpaired) electrons. The van der Waals surface area contributed by atoms with Gasteiger partial charge in [-0.05, 0) is 199 Å². The number of carbonyl (C=O) groups is 6. The molecule has 3 aromatic carbocycles.